The second-order valence-corrected chi connectivity index (χ2v) is 8.45. The molecule has 1 saturated carbocycles. The van der Waals surface area contributed by atoms with Crippen molar-refractivity contribution in [3.05, 3.63) is 76.7 Å². The van der Waals surface area contributed by atoms with Gasteiger partial charge < -0.3 is 9.67 Å². The second kappa shape index (κ2) is 7.54. The number of aliphatic hydroxyl groups excluding tert-OH is 1. The van der Waals surface area contributed by atoms with Crippen LogP contribution in [0, 0.1) is 24.7 Å². The SMILES string of the molecule is Cc1cc(C#Cc2ccc(-c3cn4c(n3)CCC(CO)C4)cc2)ccc1C1CC1. The Labute approximate surface area is 172 Å². The van der Waals surface area contributed by atoms with Gasteiger partial charge in [0.1, 0.15) is 5.82 Å². The van der Waals surface area contributed by atoms with E-state index in [0.29, 0.717) is 5.92 Å². The Morgan fingerprint density at radius 3 is 2.52 bits per heavy atom. The van der Waals surface area contributed by atoms with E-state index in [1.165, 1.54) is 24.0 Å². The van der Waals surface area contributed by atoms with E-state index in [4.69, 9.17) is 4.98 Å². The molecule has 0 amide bonds. The lowest BCUT2D eigenvalue weighted by molar-refractivity contribution is 0.190. The predicted octanol–water partition coefficient (Wildman–Crippen LogP) is 4.69. The summed E-state index contributed by atoms with van der Waals surface area (Å²) in [5.41, 5.74) is 7.07. The number of benzene rings is 2. The molecule has 146 valence electrons. The number of aromatic nitrogens is 2. The van der Waals surface area contributed by atoms with Crippen LogP contribution in [0.15, 0.2) is 48.7 Å². The average Bonchev–Trinajstić information content (AvgIpc) is 3.50. The monoisotopic (exact) mass is 382 g/mol. The zero-order valence-corrected chi connectivity index (χ0v) is 16.9. The first-order chi connectivity index (χ1) is 14.2. The van der Waals surface area contributed by atoms with Gasteiger partial charge in [0, 0.05) is 48.4 Å². The third-order valence-electron chi connectivity index (χ3n) is 6.17. The molecule has 2 heterocycles. The number of hydrogen-bond acceptors (Lipinski definition) is 2. The summed E-state index contributed by atoms with van der Waals surface area (Å²) >= 11 is 0. The van der Waals surface area contributed by atoms with Crippen molar-refractivity contribution in [3.63, 3.8) is 0 Å². The topological polar surface area (TPSA) is 38.0 Å². The molecule has 1 N–H and O–H groups in total. The number of hydrogen-bond donors (Lipinski definition) is 1. The van der Waals surface area contributed by atoms with Gasteiger partial charge in [0.05, 0.1) is 5.69 Å². The molecule has 5 rings (SSSR count). The molecule has 0 saturated heterocycles. The van der Waals surface area contributed by atoms with Gasteiger partial charge in [0.15, 0.2) is 0 Å². The predicted molar refractivity (Wildman–Crippen MR) is 116 cm³/mol. The van der Waals surface area contributed by atoms with Crippen molar-refractivity contribution in [2.75, 3.05) is 6.61 Å². The standard InChI is InChI=1S/C26H26N2O/c1-18-14-20(6-12-24(18)22-10-11-22)3-2-19-4-8-23(9-5-19)25-16-28-15-21(17-29)7-13-26(28)27-25/h4-6,8-9,12,14,16,21-22,29H,7,10-11,13,15,17H2,1H3. The van der Waals surface area contributed by atoms with E-state index in [2.05, 4.69) is 72.0 Å². The highest BCUT2D eigenvalue weighted by molar-refractivity contribution is 5.60. The number of aliphatic hydroxyl groups is 1. The van der Waals surface area contributed by atoms with Gasteiger partial charge >= 0.3 is 0 Å². The minimum Gasteiger partial charge on any atom is -0.396 e. The molecule has 3 aromatic rings. The zero-order chi connectivity index (χ0) is 19.8. The van der Waals surface area contributed by atoms with Crippen LogP contribution in [0.2, 0.25) is 0 Å². The van der Waals surface area contributed by atoms with Crippen LogP contribution in [0.3, 0.4) is 0 Å². The molecule has 3 nitrogen and oxygen atoms in total. The molecular formula is C26H26N2O. The Morgan fingerprint density at radius 1 is 1.03 bits per heavy atom. The number of nitrogens with zero attached hydrogens (tertiary/aromatic N) is 2. The maximum atomic E-state index is 9.41. The largest absolute Gasteiger partial charge is 0.396 e. The Bertz CT molecular complexity index is 1090. The van der Waals surface area contributed by atoms with Crippen LogP contribution in [0.4, 0.5) is 0 Å². The fourth-order valence-corrected chi connectivity index (χ4v) is 4.28. The number of aryl methyl sites for hydroxylation is 2. The van der Waals surface area contributed by atoms with Crippen molar-refractivity contribution in [1.82, 2.24) is 9.55 Å². The van der Waals surface area contributed by atoms with Crippen molar-refractivity contribution in [2.24, 2.45) is 5.92 Å². The molecule has 1 aliphatic heterocycles. The fourth-order valence-electron chi connectivity index (χ4n) is 4.28. The number of rotatable bonds is 3. The maximum Gasteiger partial charge on any atom is 0.109 e. The highest BCUT2D eigenvalue weighted by Crippen LogP contribution is 2.41. The van der Waals surface area contributed by atoms with Crippen molar-refractivity contribution >= 4 is 0 Å². The Hall–Kier alpha value is -2.83. The lowest BCUT2D eigenvalue weighted by atomic mass is 10.0. The fraction of sp³-hybridized carbons (Fsp3) is 0.346. The van der Waals surface area contributed by atoms with E-state index in [0.717, 1.165) is 53.5 Å². The van der Waals surface area contributed by atoms with Crippen molar-refractivity contribution in [1.29, 1.82) is 0 Å². The molecular weight excluding hydrogens is 356 g/mol. The van der Waals surface area contributed by atoms with Crippen LogP contribution >= 0.6 is 0 Å². The normalized spacial score (nSPS) is 18.1. The van der Waals surface area contributed by atoms with Crippen LogP contribution < -0.4 is 0 Å². The van der Waals surface area contributed by atoms with Gasteiger partial charge in [-0.1, -0.05) is 30.0 Å². The van der Waals surface area contributed by atoms with Gasteiger partial charge in [-0.05, 0) is 67.5 Å². The quantitative estimate of drug-likeness (QED) is 0.668. The second-order valence-electron chi connectivity index (χ2n) is 8.45. The Morgan fingerprint density at radius 2 is 1.79 bits per heavy atom. The highest BCUT2D eigenvalue weighted by Gasteiger charge is 2.24. The van der Waals surface area contributed by atoms with Crippen molar-refractivity contribution < 1.29 is 5.11 Å². The van der Waals surface area contributed by atoms with Crippen LogP contribution in [0.25, 0.3) is 11.3 Å². The zero-order valence-electron chi connectivity index (χ0n) is 16.9. The summed E-state index contributed by atoms with van der Waals surface area (Å²) in [5.74, 6) is 8.85. The molecule has 2 aliphatic rings. The first-order valence-corrected chi connectivity index (χ1v) is 10.6. The van der Waals surface area contributed by atoms with E-state index in [1.807, 2.05) is 0 Å². The van der Waals surface area contributed by atoms with Crippen molar-refractivity contribution in [3.8, 4) is 23.1 Å². The highest BCUT2D eigenvalue weighted by atomic mass is 16.3. The first-order valence-electron chi connectivity index (χ1n) is 10.6. The van der Waals surface area contributed by atoms with Crippen LogP contribution in [0.5, 0.6) is 0 Å². The van der Waals surface area contributed by atoms with Crippen LogP contribution in [-0.2, 0) is 13.0 Å². The summed E-state index contributed by atoms with van der Waals surface area (Å²) in [6, 6.07) is 15.0. The first kappa shape index (κ1) is 18.2. The van der Waals surface area contributed by atoms with Gasteiger partial charge in [-0.2, -0.15) is 0 Å². The summed E-state index contributed by atoms with van der Waals surface area (Å²) in [5, 5.41) is 9.41. The van der Waals surface area contributed by atoms with E-state index in [9.17, 15) is 5.11 Å². The summed E-state index contributed by atoms with van der Waals surface area (Å²) in [7, 11) is 0. The minimum absolute atomic E-state index is 0.253. The third kappa shape index (κ3) is 3.86. The Kier molecular flexibility index (Phi) is 4.73. The summed E-state index contributed by atoms with van der Waals surface area (Å²) < 4.78 is 2.20. The molecule has 2 aromatic carbocycles. The summed E-state index contributed by atoms with van der Waals surface area (Å²) in [6.45, 7) is 3.31. The molecule has 1 atom stereocenters. The molecule has 1 aromatic heterocycles. The molecule has 1 unspecified atom stereocenters. The van der Waals surface area contributed by atoms with E-state index < -0.39 is 0 Å². The van der Waals surface area contributed by atoms with E-state index >= 15 is 0 Å². The van der Waals surface area contributed by atoms with E-state index in [-0.39, 0.29) is 6.61 Å². The van der Waals surface area contributed by atoms with Gasteiger partial charge in [-0.3, -0.25) is 0 Å². The molecule has 0 spiro atoms. The Balaban J connectivity index is 1.32. The van der Waals surface area contributed by atoms with Gasteiger partial charge in [0.2, 0.25) is 0 Å². The number of imidazole rings is 1. The molecule has 1 aliphatic carbocycles. The third-order valence-corrected chi connectivity index (χ3v) is 6.17. The number of fused-ring (bicyclic) bond motifs is 1. The summed E-state index contributed by atoms with van der Waals surface area (Å²) in [4.78, 5) is 4.80. The van der Waals surface area contributed by atoms with Crippen LogP contribution in [-0.4, -0.2) is 21.3 Å². The average molecular weight is 383 g/mol. The molecule has 29 heavy (non-hydrogen) atoms. The maximum absolute atomic E-state index is 9.41. The molecule has 1 fully saturated rings. The lowest BCUT2D eigenvalue weighted by Gasteiger charge is -2.21. The summed E-state index contributed by atoms with van der Waals surface area (Å²) in [6.07, 6.45) is 6.73. The smallest absolute Gasteiger partial charge is 0.109 e. The van der Waals surface area contributed by atoms with Gasteiger partial charge in [-0.25, -0.2) is 4.98 Å². The lowest BCUT2D eigenvalue weighted by Crippen LogP contribution is -2.22. The minimum atomic E-state index is 0.253. The molecule has 3 heteroatoms. The molecule has 0 radical (unpaired) electrons. The van der Waals surface area contributed by atoms with Crippen LogP contribution in [0.1, 0.15) is 53.3 Å². The van der Waals surface area contributed by atoms with E-state index in [1.54, 1.807) is 0 Å². The van der Waals surface area contributed by atoms with Gasteiger partial charge in [-0.15, -0.1) is 0 Å². The van der Waals surface area contributed by atoms with Crippen molar-refractivity contribution in [2.45, 2.75) is 45.1 Å². The molecule has 0 bridgehead atoms. The van der Waals surface area contributed by atoms with Gasteiger partial charge in [0.25, 0.3) is 0 Å².